The highest BCUT2D eigenvalue weighted by molar-refractivity contribution is 7.84. The highest BCUT2D eigenvalue weighted by Crippen LogP contribution is 2.24. The van der Waals surface area contributed by atoms with Crippen LogP contribution in [0.4, 0.5) is 0 Å². The second-order valence-electron chi connectivity index (χ2n) is 8.20. The molecule has 174 valence electrons. The average molecular weight is 481 g/mol. The van der Waals surface area contributed by atoms with Crippen LogP contribution in [0.1, 0.15) is 12.8 Å². The SMILES string of the molecule is O=S(CCC[Si]12OCCN(CCO1)CCO2)CCC[Si]12OCCN(CCO1)CCO2. The predicted octanol–water partition coefficient (Wildman–Crippen LogP) is 0.151. The Morgan fingerprint density at radius 1 is 0.567 bits per heavy atom. The average Bonchev–Trinajstić information content (AvgIpc) is 2.62. The lowest BCUT2D eigenvalue weighted by atomic mass is 10.4. The summed E-state index contributed by atoms with van der Waals surface area (Å²) in [5.41, 5.74) is 0. The summed E-state index contributed by atoms with van der Waals surface area (Å²) >= 11 is 0. The van der Waals surface area contributed by atoms with E-state index in [0.29, 0.717) is 51.1 Å². The predicted molar refractivity (Wildman–Crippen MR) is 117 cm³/mol. The molecule has 0 aromatic rings. The minimum absolute atomic E-state index is 0.656. The van der Waals surface area contributed by atoms with E-state index >= 15 is 0 Å². The van der Waals surface area contributed by atoms with Gasteiger partial charge in [0.1, 0.15) is 0 Å². The first kappa shape index (κ1) is 23.4. The van der Waals surface area contributed by atoms with Gasteiger partial charge < -0.3 is 26.6 Å². The van der Waals surface area contributed by atoms with E-state index in [1.54, 1.807) is 0 Å². The van der Waals surface area contributed by atoms with Gasteiger partial charge in [-0.05, 0) is 12.8 Å². The van der Waals surface area contributed by atoms with E-state index in [9.17, 15) is 4.21 Å². The molecule has 0 radical (unpaired) electrons. The lowest BCUT2D eigenvalue weighted by molar-refractivity contribution is -0.00873. The van der Waals surface area contributed by atoms with Crippen LogP contribution in [-0.2, 0) is 37.4 Å². The van der Waals surface area contributed by atoms with Crippen LogP contribution in [-0.4, -0.2) is 122 Å². The Bertz CT molecular complexity index is 478. The first-order valence-corrected chi connectivity index (χ1v) is 16.7. The molecule has 12 heteroatoms. The molecule has 0 amide bonds. The second kappa shape index (κ2) is 11.4. The van der Waals surface area contributed by atoms with Crippen molar-refractivity contribution in [3.8, 4) is 0 Å². The van der Waals surface area contributed by atoms with E-state index < -0.39 is 28.4 Å². The summed E-state index contributed by atoms with van der Waals surface area (Å²) in [7, 11) is -6.07. The maximum Gasteiger partial charge on any atom is 0.501 e. The third-order valence-electron chi connectivity index (χ3n) is 6.09. The Hall–Kier alpha value is 0.264. The summed E-state index contributed by atoms with van der Waals surface area (Å²) < 4.78 is 48.9. The molecule has 0 atom stereocenters. The van der Waals surface area contributed by atoms with Gasteiger partial charge >= 0.3 is 17.6 Å². The molecule has 0 aromatic heterocycles. The Morgan fingerprint density at radius 2 is 0.867 bits per heavy atom. The van der Waals surface area contributed by atoms with Gasteiger partial charge in [0.05, 0.1) is 39.6 Å². The molecule has 6 saturated heterocycles. The summed E-state index contributed by atoms with van der Waals surface area (Å²) in [6.07, 6.45) is 1.62. The molecule has 0 spiro atoms. The number of rotatable bonds is 8. The van der Waals surface area contributed by atoms with E-state index in [2.05, 4.69) is 9.80 Å². The van der Waals surface area contributed by atoms with Crippen LogP contribution < -0.4 is 0 Å². The minimum Gasteiger partial charge on any atom is -0.372 e. The zero-order valence-corrected chi connectivity index (χ0v) is 20.7. The molecule has 6 rings (SSSR count). The molecule has 6 aliphatic heterocycles. The molecular formula is C18H36N2O7SSi2. The van der Waals surface area contributed by atoms with Crippen LogP contribution in [0.5, 0.6) is 0 Å². The zero-order chi connectivity index (χ0) is 20.7. The van der Waals surface area contributed by atoms with E-state index in [4.69, 9.17) is 26.6 Å². The van der Waals surface area contributed by atoms with Crippen molar-refractivity contribution in [3.05, 3.63) is 0 Å². The molecule has 0 saturated carbocycles. The largest absolute Gasteiger partial charge is 0.501 e. The molecule has 6 heterocycles. The van der Waals surface area contributed by atoms with Crippen molar-refractivity contribution in [1.82, 2.24) is 9.80 Å². The smallest absolute Gasteiger partial charge is 0.372 e. The summed E-state index contributed by atoms with van der Waals surface area (Å²) in [5.74, 6) is 1.31. The lowest BCUT2D eigenvalue weighted by Crippen LogP contribution is -2.55. The standard InChI is InChI=1S/C18H36N2O7SSi2/c21-28(15-1-17-29-22-9-3-19(4-10-23-29)5-11-24-29)16-2-18-30-25-12-6-20(7-13-26-30)8-14-27-30/h1-18H2. The zero-order valence-electron chi connectivity index (χ0n) is 17.9. The first-order valence-electron chi connectivity index (χ1n) is 11.3. The van der Waals surface area contributed by atoms with Gasteiger partial charge in [-0.25, -0.2) is 0 Å². The molecule has 6 fully saturated rings. The van der Waals surface area contributed by atoms with Gasteiger partial charge in [-0.3, -0.25) is 14.0 Å². The number of fused-ring (bicyclic) bond motifs is 12. The van der Waals surface area contributed by atoms with Gasteiger partial charge in [0.15, 0.2) is 0 Å². The molecule has 0 unspecified atom stereocenters. The van der Waals surface area contributed by atoms with Crippen LogP contribution in [0.2, 0.25) is 12.1 Å². The normalized spacial score (nSPS) is 38.7. The van der Waals surface area contributed by atoms with Gasteiger partial charge in [-0.2, -0.15) is 0 Å². The summed E-state index contributed by atoms with van der Waals surface area (Å²) in [5, 5.41) is 0. The van der Waals surface area contributed by atoms with Crippen LogP contribution in [0.15, 0.2) is 0 Å². The molecular weight excluding hydrogens is 444 g/mol. The third-order valence-corrected chi connectivity index (χ3v) is 13.4. The number of nitrogens with zero attached hydrogens (tertiary/aromatic N) is 2. The van der Waals surface area contributed by atoms with Crippen LogP contribution in [0.25, 0.3) is 0 Å². The molecule has 4 bridgehead atoms. The van der Waals surface area contributed by atoms with E-state index in [0.717, 1.165) is 64.2 Å². The Balaban J connectivity index is 1.17. The van der Waals surface area contributed by atoms with E-state index in [1.165, 1.54) is 0 Å². The third kappa shape index (κ3) is 6.64. The van der Waals surface area contributed by atoms with Gasteiger partial charge in [0, 0.05) is 73.7 Å². The van der Waals surface area contributed by atoms with Gasteiger partial charge in [0.2, 0.25) is 0 Å². The van der Waals surface area contributed by atoms with Crippen molar-refractivity contribution in [3.63, 3.8) is 0 Å². The molecule has 0 aromatic carbocycles. The quantitative estimate of drug-likeness (QED) is 0.451. The summed E-state index contributed by atoms with van der Waals surface area (Å²) in [4.78, 5) is 4.63. The second-order valence-corrected chi connectivity index (χ2v) is 15.4. The fourth-order valence-electron chi connectivity index (χ4n) is 4.34. The highest BCUT2D eigenvalue weighted by Gasteiger charge is 2.44. The number of hydrogen-bond donors (Lipinski definition) is 0. The van der Waals surface area contributed by atoms with Gasteiger partial charge in [-0.15, -0.1) is 0 Å². The van der Waals surface area contributed by atoms with Crippen molar-refractivity contribution < 1.29 is 30.8 Å². The van der Waals surface area contributed by atoms with Crippen molar-refractivity contribution in [2.75, 3.05) is 90.4 Å². The fraction of sp³-hybridized carbons (Fsp3) is 1.00. The van der Waals surface area contributed by atoms with Crippen molar-refractivity contribution in [1.29, 1.82) is 0 Å². The Labute approximate surface area is 184 Å². The Kier molecular flexibility index (Phi) is 8.91. The van der Waals surface area contributed by atoms with Gasteiger partial charge in [-0.1, -0.05) is 0 Å². The maximum atomic E-state index is 12.6. The van der Waals surface area contributed by atoms with E-state index in [-0.39, 0.29) is 0 Å². The summed E-state index contributed by atoms with van der Waals surface area (Å²) in [6, 6.07) is 1.51. The lowest BCUT2D eigenvalue weighted by Gasteiger charge is -2.38. The number of hydrogen-bond acceptors (Lipinski definition) is 9. The minimum atomic E-state index is -2.60. The molecule has 6 aliphatic rings. The molecule has 9 nitrogen and oxygen atoms in total. The fourth-order valence-corrected chi connectivity index (χ4v) is 11.0. The maximum absolute atomic E-state index is 12.6. The molecule has 30 heavy (non-hydrogen) atoms. The van der Waals surface area contributed by atoms with Gasteiger partial charge in [0.25, 0.3) is 0 Å². The molecule has 0 N–H and O–H groups in total. The topological polar surface area (TPSA) is 78.9 Å². The first-order chi connectivity index (χ1) is 14.7. The monoisotopic (exact) mass is 480 g/mol. The molecule has 0 aliphatic carbocycles. The van der Waals surface area contributed by atoms with Crippen LogP contribution in [0, 0.1) is 0 Å². The van der Waals surface area contributed by atoms with E-state index in [1.807, 2.05) is 0 Å². The van der Waals surface area contributed by atoms with Crippen molar-refractivity contribution >= 4 is 28.4 Å². The van der Waals surface area contributed by atoms with Crippen LogP contribution >= 0.6 is 0 Å². The highest BCUT2D eigenvalue weighted by atomic mass is 32.2. The van der Waals surface area contributed by atoms with Crippen molar-refractivity contribution in [2.24, 2.45) is 0 Å². The summed E-state index contributed by atoms with van der Waals surface area (Å²) in [6.45, 7) is 9.68. The van der Waals surface area contributed by atoms with Crippen LogP contribution in [0.3, 0.4) is 0 Å². The van der Waals surface area contributed by atoms with Crippen molar-refractivity contribution in [2.45, 2.75) is 24.9 Å². The Morgan fingerprint density at radius 3 is 1.17 bits per heavy atom.